The summed E-state index contributed by atoms with van der Waals surface area (Å²) in [6.07, 6.45) is 0. The molecule has 2 heterocycles. The van der Waals surface area contributed by atoms with Crippen molar-refractivity contribution in [2.75, 3.05) is 0 Å². The summed E-state index contributed by atoms with van der Waals surface area (Å²) < 4.78 is 0. The van der Waals surface area contributed by atoms with Gasteiger partial charge >= 0.3 is 5.97 Å². The summed E-state index contributed by atoms with van der Waals surface area (Å²) in [5, 5.41) is 11.6. The van der Waals surface area contributed by atoms with Crippen LogP contribution in [0.1, 0.15) is 15.4 Å². The zero-order valence-electron chi connectivity index (χ0n) is 7.35. The highest BCUT2D eigenvalue weighted by molar-refractivity contribution is 7.21. The number of carboxylic acid groups (broad SMARTS) is 1. The van der Waals surface area contributed by atoms with Crippen molar-refractivity contribution < 1.29 is 9.90 Å². The Morgan fingerprint density at radius 3 is 2.86 bits per heavy atom. The maximum atomic E-state index is 10.8. The molecular formula is C9H7NO2S2. The van der Waals surface area contributed by atoms with E-state index < -0.39 is 5.97 Å². The van der Waals surface area contributed by atoms with Crippen molar-refractivity contribution in [3.05, 3.63) is 28.1 Å². The van der Waals surface area contributed by atoms with E-state index >= 15 is 0 Å². The van der Waals surface area contributed by atoms with Gasteiger partial charge in [0.05, 0.1) is 4.88 Å². The minimum atomic E-state index is -0.957. The summed E-state index contributed by atoms with van der Waals surface area (Å²) in [6, 6.07) is 3.87. The Balaban J connectivity index is 2.48. The maximum absolute atomic E-state index is 10.8. The van der Waals surface area contributed by atoms with Crippen molar-refractivity contribution >= 4 is 28.6 Å². The van der Waals surface area contributed by atoms with Gasteiger partial charge < -0.3 is 5.11 Å². The van der Waals surface area contributed by atoms with E-state index in [1.54, 1.807) is 18.3 Å². The molecule has 0 bridgehead atoms. The van der Waals surface area contributed by atoms with Gasteiger partial charge in [0.2, 0.25) is 0 Å². The highest BCUT2D eigenvalue weighted by Crippen LogP contribution is 2.30. The molecule has 0 aromatic carbocycles. The largest absolute Gasteiger partial charge is 0.476 e. The van der Waals surface area contributed by atoms with Crippen LogP contribution in [-0.2, 0) is 0 Å². The quantitative estimate of drug-likeness (QED) is 0.855. The molecule has 0 fully saturated rings. The predicted octanol–water partition coefficient (Wildman–Crippen LogP) is 2.88. The Hall–Kier alpha value is -1.20. The van der Waals surface area contributed by atoms with E-state index in [2.05, 4.69) is 4.98 Å². The van der Waals surface area contributed by atoms with Crippen molar-refractivity contribution in [2.45, 2.75) is 6.92 Å². The number of aryl methyl sites for hydroxylation is 1. The normalized spacial score (nSPS) is 10.4. The van der Waals surface area contributed by atoms with E-state index in [4.69, 9.17) is 5.11 Å². The Morgan fingerprint density at radius 2 is 2.36 bits per heavy atom. The molecule has 2 rings (SSSR count). The van der Waals surface area contributed by atoms with E-state index in [-0.39, 0.29) is 5.69 Å². The van der Waals surface area contributed by atoms with Gasteiger partial charge in [-0.15, -0.1) is 22.7 Å². The molecule has 1 N–H and O–H groups in total. The molecule has 2 aromatic rings. The van der Waals surface area contributed by atoms with Gasteiger partial charge in [-0.05, 0) is 18.4 Å². The summed E-state index contributed by atoms with van der Waals surface area (Å²) in [5.74, 6) is -0.957. The number of rotatable bonds is 2. The van der Waals surface area contributed by atoms with Gasteiger partial charge in [0.1, 0.15) is 5.01 Å². The average molecular weight is 225 g/mol. The lowest BCUT2D eigenvalue weighted by molar-refractivity contribution is 0.0690. The molecule has 0 spiro atoms. The van der Waals surface area contributed by atoms with E-state index in [1.807, 2.05) is 17.5 Å². The highest BCUT2D eigenvalue weighted by Gasteiger charge is 2.15. The van der Waals surface area contributed by atoms with E-state index in [0.717, 1.165) is 14.8 Å². The third kappa shape index (κ3) is 1.56. The molecule has 0 atom stereocenters. The van der Waals surface area contributed by atoms with Gasteiger partial charge in [-0.2, -0.15) is 0 Å². The third-order valence-electron chi connectivity index (χ3n) is 1.73. The molecule has 0 saturated heterocycles. The molecule has 5 heteroatoms. The summed E-state index contributed by atoms with van der Waals surface area (Å²) in [4.78, 5) is 16.6. The van der Waals surface area contributed by atoms with Gasteiger partial charge in [0.15, 0.2) is 5.69 Å². The summed E-state index contributed by atoms with van der Waals surface area (Å²) in [6.45, 7) is 1.78. The first-order valence-electron chi connectivity index (χ1n) is 3.93. The van der Waals surface area contributed by atoms with Crippen LogP contribution >= 0.6 is 22.7 Å². The molecule has 0 aliphatic carbocycles. The minimum absolute atomic E-state index is 0.165. The van der Waals surface area contributed by atoms with E-state index in [0.29, 0.717) is 0 Å². The van der Waals surface area contributed by atoms with Gasteiger partial charge in [-0.3, -0.25) is 0 Å². The van der Waals surface area contributed by atoms with Gasteiger partial charge in [0.25, 0.3) is 0 Å². The first kappa shape index (κ1) is 9.36. The lowest BCUT2D eigenvalue weighted by Crippen LogP contribution is -1.98. The number of hydrogen-bond acceptors (Lipinski definition) is 4. The molecule has 0 aliphatic heterocycles. The number of thiophene rings is 1. The van der Waals surface area contributed by atoms with Crippen LogP contribution < -0.4 is 0 Å². The van der Waals surface area contributed by atoms with Crippen molar-refractivity contribution in [1.29, 1.82) is 0 Å². The van der Waals surface area contributed by atoms with Crippen LogP contribution in [0.15, 0.2) is 17.5 Å². The lowest BCUT2D eigenvalue weighted by Gasteiger charge is -1.86. The number of nitrogens with zero attached hydrogens (tertiary/aromatic N) is 1. The number of carboxylic acids is 1. The fourth-order valence-corrected chi connectivity index (χ4v) is 2.80. The second kappa shape index (κ2) is 3.51. The zero-order chi connectivity index (χ0) is 10.1. The summed E-state index contributed by atoms with van der Waals surface area (Å²) >= 11 is 2.98. The van der Waals surface area contributed by atoms with Crippen LogP contribution in [0, 0.1) is 6.92 Å². The minimum Gasteiger partial charge on any atom is -0.476 e. The Kier molecular flexibility index (Phi) is 2.35. The van der Waals surface area contributed by atoms with Crippen LogP contribution in [0.25, 0.3) is 9.88 Å². The topological polar surface area (TPSA) is 50.2 Å². The third-order valence-corrected chi connectivity index (χ3v) is 3.74. The van der Waals surface area contributed by atoms with Crippen LogP contribution in [0.5, 0.6) is 0 Å². The highest BCUT2D eigenvalue weighted by atomic mass is 32.1. The average Bonchev–Trinajstić information content (AvgIpc) is 2.70. The van der Waals surface area contributed by atoms with Crippen molar-refractivity contribution in [1.82, 2.24) is 4.98 Å². The van der Waals surface area contributed by atoms with Crippen molar-refractivity contribution in [3.8, 4) is 9.88 Å². The fourth-order valence-electron chi connectivity index (χ4n) is 1.10. The number of carbonyl (C=O) groups is 1. The second-order valence-corrected chi connectivity index (χ2v) is 4.86. The first-order valence-corrected chi connectivity index (χ1v) is 5.62. The number of aromatic carboxylic acids is 1. The molecule has 14 heavy (non-hydrogen) atoms. The van der Waals surface area contributed by atoms with Crippen LogP contribution in [0.4, 0.5) is 0 Å². The summed E-state index contributed by atoms with van der Waals surface area (Å²) in [7, 11) is 0. The Bertz CT molecular complexity index is 459. The van der Waals surface area contributed by atoms with Crippen LogP contribution in [0.2, 0.25) is 0 Å². The molecule has 0 saturated carbocycles. The van der Waals surface area contributed by atoms with Gasteiger partial charge in [-0.1, -0.05) is 6.07 Å². The first-order chi connectivity index (χ1) is 6.68. The molecule has 72 valence electrons. The molecule has 0 unspecified atom stereocenters. The molecular weight excluding hydrogens is 218 g/mol. The number of aromatic nitrogens is 1. The van der Waals surface area contributed by atoms with Crippen molar-refractivity contribution in [2.24, 2.45) is 0 Å². The predicted molar refractivity (Wildman–Crippen MR) is 57.1 cm³/mol. The van der Waals surface area contributed by atoms with Gasteiger partial charge in [-0.25, -0.2) is 9.78 Å². The number of hydrogen-bond donors (Lipinski definition) is 1. The smallest absolute Gasteiger partial charge is 0.355 e. The SMILES string of the molecule is Cc1sc(-c2cccs2)nc1C(=O)O. The zero-order valence-corrected chi connectivity index (χ0v) is 8.98. The fraction of sp³-hybridized carbons (Fsp3) is 0.111. The van der Waals surface area contributed by atoms with Gasteiger partial charge in [0, 0.05) is 4.88 Å². The molecule has 0 aliphatic rings. The van der Waals surface area contributed by atoms with Crippen molar-refractivity contribution in [3.63, 3.8) is 0 Å². The molecule has 0 radical (unpaired) electrons. The van der Waals surface area contributed by atoms with E-state index in [1.165, 1.54) is 11.3 Å². The Labute approximate surface area is 88.7 Å². The van der Waals surface area contributed by atoms with Crippen LogP contribution in [0.3, 0.4) is 0 Å². The molecule has 3 nitrogen and oxygen atoms in total. The molecule has 2 aromatic heterocycles. The molecule has 0 amide bonds. The summed E-state index contributed by atoms with van der Waals surface area (Å²) in [5.41, 5.74) is 0.165. The van der Waals surface area contributed by atoms with Crippen LogP contribution in [-0.4, -0.2) is 16.1 Å². The Morgan fingerprint density at radius 1 is 1.57 bits per heavy atom. The number of thiazole rings is 1. The standard InChI is InChI=1S/C9H7NO2S2/c1-5-7(9(11)12)10-8(14-5)6-3-2-4-13-6/h2-4H,1H3,(H,11,12). The lowest BCUT2D eigenvalue weighted by atomic mass is 10.4. The van der Waals surface area contributed by atoms with E-state index in [9.17, 15) is 4.79 Å². The second-order valence-electron chi connectivity index (χ2n) is 2.71. The maximum Gasteiger partial charge on any atom is 0.355 e. The monoisotopic (exact) mass is 225 g/mol.